The summed E-state index contributed by atoms with van der Waals surface area (Å²) in [5.74, 6) is 0.120. The van der Waals surface area contributed by atoms with Crippen molar-refractivity contribution in [3.05, 3.63) is 0 Å². The van der Waals surface area contributed by atoms with Crippen molar-refractivity contribution in [1.29, 1.82) is 0 Å². The number of nitrogens with one attached hydrogen (secondary N) is 1. The second-order valence-corrected chi connectivity index (χ2v) is 3.31. The van der Waals surface area contributed by atoms with Gasteiger partial charge in [-0.1, -0.05) is 0 Å². The maximum absolute atomic E-state index is 11.3. The summed E-state index contributed by atoms with van der Waals surface area (Å²) in [6, 6.07) is 0. The number of rotatable bonds is 6. The van der Waals surface area contributed by atoms with E-state index in [2.05, 4.69) is 5.32 Å². The summed E-state index contributed by atoms with van der Waals surface area (Å²) in [5, 5.41) is 11.9. The maximum atomic E-state index is 11.3. The Morgan fingerprint density at radius 1 is 1.62 bits per heavy atom. The molecule has 0 aromatic heterocycles. The van der Waals surface area contributed by atoms with Crippen LogP contribution in [0.2, 0.25) is 0 Å². The van der Waals surface area contributed by atoms with Gasteiger partial charge in [0.05, 0.1) is 6.10 Å². The zero-order valence-electron chi connectivity index (χ0n) is 8.71. The fourth-order valence-corrected chi connectivity index (χ4v) is 0.928. The quantitative estimate of drug-likeness (QED) is 0.608. The lowest BCUT2D eigenvalue weighted by atomic mass is 10.2. The third-order valence-electron chi connectivity index (χ3n) is 1.90. The van der Waals surface area contributed by atoms with E-state index in [1.165, 1.54) is 0 Å². The molecule has 4 nitrogen and oxygen atoms in total. The number of hydrogen-bond acceptors (Lipinski definition) is 3. The molecule has 0 aliphatic carbocycles. The van der Waals surface area contributed by atoms with Crippen LogP contribution in [-0.2, 0) is 4.79 Å². The monoisotopic (exact) mass is 188 g/mol. The first-order valence-corrected chi connectivity index (χ1v) is 4.64. The first kappa shape index (κ1) is 12.4. The highest BCUT2D eigenvalue weighted by Crippen LogP contribution is 1.95. The minimum absolute atomic E-state index is 0.120. The molecule has 0 spiro atoms. The normalized spacial score (nSPS) is 12.6. The highest BCUT2D eigenvalue weighted by molar-refractivity contribution is 5.75. The SMILES string of the molecule is CNCCC(=O)N(C)CCC(C)O. The lowest BCUT2D eigenvalue weighted by Gasteiger charge is -2.17. The molecule has 0 heterocycles. The highest BCUT2D eigenvalue weighted by atomic mass is 16.3. The smallest absolute Gasteiger partial charge is 0.223 e. The molecule has 0 bridgehead atoms. The minimum atomic E-state index is -0.334. The van der Waals surface area contributed by atoms with Crippen LogP contribution >= 0.6 is 0 Å². The number of hydrogen-bond donors (Lipinski definition) is 2. The van der Waals surface area contributed by atoms with Crippen LogP contribution in [0.3, 0.4) is 0 Å². The van der Waals surface area contributed by atoms with E-state index in [0.29, 0.717) is 25.9 Å². The van der Waals surface area contributed by atoms with Crippen LogP contribution in [0.1, 0.15) is 19.8 Å². The second-order valence-electron chi connectivity index (χ2n) is 3.31. The van der Waals surface area contributed by atoms with Gasteiger partial charge in [0, 0.05) is 26.6 Å². The van der Waals surface area contributed by atoms with Gasteiger partial charge in [-0.05, 0) is 20.4 Å². The Labute approximate surface area is 79.9 Å². The fraction of sp³-hybridized carbons (Fsp3) is 0.889. The summed E-state index contributed by atoms with van der Waals surface area (Å²) in [5.41, 5.74) is 0. The van der Waals surface area contributed by atoms with Gasteiger partial charge >= 0.3 is 0 Å². The topological polar surface area (TPSA) is 52.6 Å². The van der Waals surface area contributed by atoms with Crippen LogP contribution in [0.5, 0.6) is 0 Å². The van der Waals surface area contributed by atoms with Crippen LogP contribution in [0.25, 0.3) is 0 Å². The van der Waals surface area contributed by atoms with Gasteiger partial charge < -0.3 is 15.3 Å². The Bertz CT molecular complexity index is 149. The average Bonchev–Trinajstić information content (AvgIpc) is 2.10. The van der Waals surface area contributed by atoms with Crippen LogP contribution in [-0.4, -0.2) is 49.2 Å². The third kappa shape index (κ3) is 6.54. The van der Waals surface area contributed by atoms with E-state index in [1.807, 2.05) is 7.05 Å². The molecular weight excluding hydrogens is 168 g/mol. The molecule has 4 heteroatoms. The highest BCUT2D eigenvalue weighted by Gasteiger charge is 2.08. The summed E-state index contributed by atoms with van der Waals surface area (Å²) in [7, 11) is 3.59. The van der Waals surface area contributed by atoms with Crippen LogP contribution < -0.4 is 5.32 Å². The molecule has 0 aromatic carbocycles. The summed E-state index contributed by atoms with van der Waals surface area (Å²) < 4.78 is 0. The molecule has 0 radical (unpaired) electrons. The van der Waals surface area contributed by atoms with Gasteiger partial charge in [-0.2, -0.15) is 0 Å². The molecule has 0 rings (SSSR count). The van der Waals surface area contributed by atoms with Gasteiger partial charge in [0.25, 0.3) is 0 Å². The lowest BCUT2D eigenvalue weighted by Crippen LogP contribution is -2.31. The number of carbonyl (C=O) groups excluding carboxylic acids is 1. The maximum Gasteiger partial charge on any atom is 0.223 e. The molecule has 1 amide bonds. The Hall–Kier alpha value is -0.610. The number of amides is 1. The van der Waals surface area contributed by atoms with Crippen molar-refractivity contribution in [3.8, 4) is 0 Å². The van der Waals surface area contributed by atoms with E-state index in [1.54, 1.807) is 18.9 Å². The number of aliphatic hydroxyl groups excluding tert-OH is 1. The third-order valence-corrected chi connectivity index (χ3v) is 1.90. The first-order chi connectivity index (χ1) is 6.07. The van der Waals surface area contributed by atoms with E-state index < -0.39 is 0 Å². The van der Waals surface area contributed by atoms with Crippen LogP contribution in [0.4, 0.5) is 0 Å². The minimum Gasteiger partial charge on any atom is -0.393 e. The van der Waals surface area contributed by atoms with E-state index >= 15 is 0 Å². The fourth-order valence-electron chi connectivity index (χ4n) is 0.928. The molecule has 0 fully saturated rings. The summed E-state index contributed by atoms with van der Waals surface area (Å²) in [6.07, 6.45) is 0.828. The van der Waals surface area contributed by atoms with Crippen molar-refractivity contribution in [2.45, 2.75) is 25.9 Å². The molecule has 1 atom stereocenters. The molecule has 0 saturated heterocycles. The van der Waals surface area contributed by atoms with Crippen molar-refractivity contribution in [2.75, 3.05) is 27.2 Å². The van der Waals surface area contributed by atoms with Crippen molar-refractivity contribution in [2.24, 2.45) is 0 Å². The van der Waals surface area contributed by atoms with Gasteiger partial charge in [-0.15, -0.1) is 0 Å². The van der Waals surface area contributed by atoms with E-state index in [4.69, 9.17) is 5.11 Å². The standard InChI is InChI=1S/C9H20N2O2/c1-8(12)5-7-11(3)9(13)4-6-10-2/h8,10,12H,4-7H2,1-3H3. The molecule has 13 heavy (non-hydrogen) atoms. The largest absolute Gasteiger partial charge is 0.393 e. The number of carbonyl (C=O) groups is 1. The van der Waals surface area contributed by atoms with Crippen LogP contribution in [0, 0.1) is 0 Å². The summed E-state index contributed by atoms with van der Waals surface area (Å²) in [6.45, 7) is 3.06. The lowest BCUT2D eigenvalue weighted by molar-refractivity contribution is -0.130. The van der Waals surface area contributed by atoms with E-state index in [0.717, 1.165) is 0 Å². The molecule has 0 aromatic rings. The van der Waals surface area contributed by atoms with Gasteiger partial charge in [0.2, 0.25) is 5.91 Å². The molecule has 78 valence electrons. The number of nitrogens with zero attached hydrogens (tertiary/aromatic N) is 1. The summed E-state index contributed by atoms with van der Waals surface area (Å²) >= 11 is 0. The van der Waals surface area contributed by atoms with Crippen molar-refractivity contribution >= 4 is 5.91 Å². The molecular formula is C9H20N2O2. The zero-order valence-corrected chi connectivity index (χ0v) is 8.71. The van der Waals surface area contributed by atoms with Crippen molar-refractivity contribution < 1.29 is 9.90 Å². The van der Waals surface area contributed by atoms with Crippen molar-refractivity contribution in [3.63, 3.8) is 0 Å². The second kappa shape index (κ2) is 6.86. The predicted molar refractivity (Wildman–Crippen MR) is 52.5 cm³/mol. The Kier molecular flexibility index (Phi) is 6.54. The number of aliphatic hydroxyl groups is 1. The summed E-state index contributed by atoms with van der Waals surface area (Å²) in [4.78, 5) is 13.0. The van der Waals surface area contributed by atoms with E-state index in [-0.39, 0.29) is 12.0 Å². The first-order valence-electron chi connectivity index (χ1n) is 4.64. The Morgan fingerprint density at radius 2 is 2.23 bits per heavy atom. The van der Waals surface area contributed by atoms with Gasteiger partial charge in [0.15, 0.2) is 0 Å². The molecule has 0 aliphatic rings. The van der Waals surface area contributed by atoms with Gasteiger partial charge in [-0.25, -0.2) is 0 Å². The Balaban J connectivity index is 3.57. The van der Waals surface area contributed by atoms with Gasteiger partial charge in [0.1, 0.15) is 0 Å². The zero-order chi connectivity index (χ0) is 10.3. The molecule has 0 saturated carbocycles. The molecule has 2 N–H and O–H groups in total. The van der Waals surface area contributed by atoms with Crippen LogP contribution in [0.15, 0.2) is 0 Å². The van der Waals surface area contributed by atoms with E-state index in [9.17, 15) is 4.79 Å². The van der Waals surface area contributed by atoms with Crippen molar-refractivity contribution in [1.82, 2.24) is 10.2 Å². The Morgan fingerprint density at radius 3 is 2.69 bits per heavy atom. The predicted octanol–water partition coefficient (Wildman–Crippen LogP) is -0.175. The molecule has 1 unspecified atom stereocenters. The van der Waals surface area contributed by atoms with Gasteiger partial charge in [-0.3, -0.25) is 4.79 Å². The average molecular weight is 188 g/mol. The molecule has 0 aliphatic heterocycles.